The number of amides is 1. The Morgan fingerprint density at radius 2 is 1.94 bits per heavy atom. The molecule has 0 bridgehead atoms. The lowest BCUT2D eigenvalue weighted by Crippen LogP contribution is -2.15. The first-order chi connectivity index (χ1) is 15.0. The highest BCUT2D eigenvalue weighted by Gasteiger charge is 2.15. The van der Waals surface area contributed by atoms with Crippen molar-refractivity contribution in [2.24, 2.45) is 0 Å². The molecule has 0 fully saturated rings. The summed E-state index contributed by atoms with van der Waals surface area (Å²) in [5, 5.41) is 11.9. The maximum atomic E-state index is 12.4. The monoisotopic (exact) mass is 438 g/mol. The van der Waals surface area contributed by atoms with Gasteiger partial charge in [-0.15, -0.1) is 16.8 Å². The molecular formula is C22H22N4O4S. The Morgan fingerprint density at radius 3 is 2.61 bits per heavy atom. The number of hydrogen-bond acceptors (Lipinski definition) is 7. The van der Waals surface area contributed by atoms with E-state index in [1.165, 1.54) is 18.9 Å². The van der Waals surface area contributed by atoms with Gasteiger partial charge in [0.05, 0.1) is 25.5 Å². The number of nitrogens with zero attached hydrogens (tertiary/aromatic N) is 3. The third-order valence-electron chi connectivity index (χ3n) is 4.28. The van der Waals surface area contributed by atoms with Crippen LogP contribution in [0.5, 0.6) is 5.75 Å². The Morgan fingerprint density at radius 1 is 1.16 bits per heavy atom. The molecule has 1 heterocycles. The first kappa shape index (κ1) is 22.1. The average molecular weight is 439 g/mol. The maximum absolute atomic E-state index is 12.4. The van der Waals surface area contributed by atoms with Gasteiger partial charge in [0.25, 0.3) is 0 Å². The Bertz CT molecular complexity index is 1080. The van der Waals surface area contributed by atoms with Crippen molar-refractivity contribution in [1.82, 2.24) is 14.8 Å². The highest BCUT2D eigenvalue weighted by atomic mass is 32.2. The van der Waals surface area contributed by atoms with Crippen LogP contribution in [0.25, 0.3) is 11.4 Å². The molecule has 0 atom stereocenters. The van der Waals surface area contributed by atoms with Crippen LogP contribution in [0.15, 0.2) is 66.3 Å². The van der Waals surface area contributed by atoms with Gasteiger partial charge in [0.2, 0.25) is 5.91 Å². The topological polar surface area (TPSA) is 95.3 Å². The number of ether oxygens (including phenoxy) is 2. The van der Waals surface area contributed by atoms with Gasteiger partial charge < -0.3 is 14.8 Å². The lowest BCUT2D eigenvalue weighted by Gasteiger charge is -2.09. The van der Waals surface area contributed by atoms with Gasteiger partial charge in [0.1, 0.15) is 5.75 Å². The molecule has 2 aromatic carbocycles. The van der Waals surface area contributed by atoms with Gasteiger partial charge in [-0.3, -0.25) is 9.36 Å². The average Bonchev–Trinajstić information content (AvgIpc) is 3.20. The number of aromatic nitrogens is 3. The fourth-order valence-electron chi connectivity index (χ4n) is 2.81. The second-order valence-corrected chi connectivity index (χ2v) is 7.29. The van der Waals surface area contributed by atoms with Crippen LogP contribution in [0.1, 0.15) is 10.4 Å². The van der Waals surface area contributed by atoms with Crippen LogP contribution in [0, 0.1) is 0 Å². The zero-order valence-corrected chi connectivity index (χ0v) is 18.0. The van der Waals surface area contributed by atoms with E-state index in [0.29, 0.717) is 28.8 Å². The molecule has 1 N–H and O–H groups in total. The number of carbonyl (C=O) groups excluding carboxylic acids is 2. The van der Waals surface area contributed by atoms with Crippen molar-refractivity contribution in [2.75, 3.05) is 25.3 Å². The van der Waals surface area contributed by atoms with E-state index in [-0.39, 0.29) is 11.7 Å². The molecular weight excluding hydrogens is 416 g/mol. The van der Waals surface area contributed by atoms with E-state index in [1.54, 1.807) is 37.5 Å². The van der Waals surface area contributed by atoms with Gasteiger partial charge in [0, 0.05) is 17.8 Å². The standard InChI is InChI=1S/C22H22N4O4S/c1-4-12-26-20(15-8-10-18(29-2)11-9-15)24-25-22(26)31-14-19(27)23-17-7-5-6-16(13-17)21(28)30-3/h4-11,13H,1,12,14H2,2-3H3,(H,23,27). The molecule has 0 saturated carbocycles. The third-order valence-corrected chi connectivity index (χ3v) is 5.24. The van der Waals surface area contributed by atoms with Gasteiger partial charge in [-0.05, 0) is 42.5 Å². The van der Waals surface area contributed by atoms with Crippen molar-refractivity contribution in [2.45, 2.75) is 11.7 Å². The molecule has 0 aliphatic heterocycles. The summed E-state index contributed by atoms with van der Waals surface area (Å²) in [5.74, 6) is 0.859. The summed E-state index contributed by atoms with van der Waals surface area (Å²) in [6, 6.07) is 14.1. The fourth-order valence-corrected chi connectivity index (χ4v) is 3.56. The van der Waals surface area contributed by atoms with Gasteiger partial charge >= 0.3 is 5.97 Å². The van der Waals surface area contributed by atoms with Gasteiger partial charge in [-0.2, -0.15) is 0 Å². The first-order valence-electron chi connectivity index (χ1n) is 9.35. The van der Waals surface area contributed by atoms with Crippen molar-refractivity contribution in [3.8, 4) is 17.1 Å². The van der Waals surface area contributed by atoms with Crippen LogP contribution in [0.3, 0.4) is 0 Å². The smallest absolute Gasteiger partial charge is 0.337 e. The van der Waals surface area contributed by atoms with Crippen LogP contribution in [0.2, 0.25) is 0 Å². The Kier molecular flexibility index (Phi) is 7.45. The summed E-state index contributed by atoms with van der Waals surface area (Å²) in [6.07, 6.45) is 1.75. The number of nitrogens with one attached hydrogen (secondary N) is 1. The summed E-state index contributed by atoms with van der Waals surface area (Å²) in [6.45, 7) is 4.30. The van der Waals surface area contributed by atoms with Gasteiger partial charge in [-0.1, -0.05) is 23.9 Å². The Balaban J connectivity index is 1.69. The lowest BCUT2D eigenvalue weighted by molar-refractivity contribution is -0.113. The number of thioether (sulfide) groups is 1. The molecule has 8 nitrogen and oxygen atoms in total. The molecule has 3 rings (SSSR count). The van der Waals surface area contributed by atoms with E-state index in [9.17, 15) is 9.59 Å². The summed E-state index contributed by atoms with van der Waals surface area (Å²) in [7, 11) is 2.92. The number of carbonyl (C=O) groups is 2. The Hall–Kier alpha value is -3.59. The number of allylic oxidation sites excluding steroid dienone is 1. The number of methoxy groups -OCH3 is 2. The van der Waals surface area contributed by atoms with E-state index in [0.717, 1.165) is 11.3 Å². The van der Waals surface area contributed by atoms with Crippen molar-refractivity contribution in [1.29, 1.82) is 0 Å². The third kappa shape index (κ3) is 5.52. The minimum absolute atomic E-state index is 0.125. The minimum atomic E-state index is -0.464. The molecule has 0 spiro atoms. The van der Waals surface area contributed by atoms with E-state index in [2.05, 4.69) is 22.1 Å². The number of benzene rings is 2. The van der Waals surface area contributed by atoms with Crippen LogP contribution in [-0.2, 0) is 16.1 Å². The highest BCUT2D eigenvalue weighted by Crippen LogP contribution is 2.26. The molecule has 0 aliphatic rings. The van der Waals surface area contributed by atoms with E-state index >= 15 is 0 Å². The number of rotatable bonds is 9. The number of hydrogen-bond donors (Lipinski definition) is 1. The molecule has 160 valence electrons. The quantitative estimate of drug-likeness (QED) is 0.309. The number of anilines is 1. The second kappa shape index (κ2) is 10.4. The summed E-state index contributed by atoms with van der Waals surface area (Å²) < 4.78 is 11.8. The normalized spacial score (nSPS) is 10.4. The molecule has 0 saturated heterocycles. The minimum Gasteiger partial charge on any atom is -0.497 e. The van der Waals surface area contributed by atoms with Crippen LogP contribution >= 0.6 is 11.8 Å². The molecule has 9 heteroatoms. The van der Waals surface area contributed by atoms with E-state index in [4.69, 9.17) is 9.47 Å². The lowest BCUT2D eigenvalue weighted by atomic mass is 10.2. The van der Waals surface area contributed by atoms with Gasteiger partial charge in [-0.25, -0.2) is 4.79 Å². The maximum Gasteiger partial charge on any atom is 0.337 e. The molecule has 0 aliphatic carbocycles. The molecule has 3 aromatic rings. The zero-order chi connectivity index (χ0) is 22.2. The van der Waals surface area contributed by atoms with E-state index in [1.807, 2.05) is 28.8 Å². The summed E-state index contributed by atoms with van der Waals surface area (Å²) >= 11 is 1.27. The van der Waals surface area contributed by atoms with Crippen molar-refractivity contribution in [3.63, 3.8) is 0 Å². The molecule has 0 radical (unpaired) electrons. The van der Waals surface area contributed by atoms with Crippen molar-refractivity contribution in [3.05, 3.63) is 66.7 Å². The number of esters is 1. The highest BCUT2D eigenvalue weighted by molar-refractivity contribution is 7.99. The fraction of sp³-hybridized carbons (Fsp3) is 0.182. The molecule has 1 amide bonds. The first-order valence-corrected chi connectivity index (χ1v) is 10.3. The largest absolute Gasteiger partial charge is 0.497 e. The molecule has 1 aromatic heterocycles. The van der Waals surface area contributed by atoms with Crippen LogP contribution in [0.4, 0.5) is 5.69 Å². The summed E-state index contributed by atoms with van der Waals surface area (Å²) in [4.78, 5) is 24.1. The van der Waals surface area contributed by atoms with Crippen LogP contribution in [-0.4, -0.2) is 46.6 Å². The predicted octanol–water partition coefficient (Wildman–Crippen LogP) is 3.66. The Labute approximate surface area is 184 Å². The van der Waals surface area contributed by atoms with Crippen molar-refractivity contribution >= 4 is 29.3 Å². The van der Waals surface area contributed by atoms with Crippen LogP contribution < -0.4 is 10.1 Å². The molecule has 31 heavy (non-hydrogen) atoms. The SMILES string of the molecule is C=CCn1c(SCC(=O)Nc2cccc(C(=O)OC)c2)nnc1-c1ccc(OC)cc1. The van der Waals surface area contributed by atoms with Gasteiger partial charge in [0.15, 0.2) is 11.0 Å². The predicted molar refractivity (Wildman–Crippen MR) is 119 cm³/mol. The zero-order valence-electron chi connectivity index (χ0n) is 17.2. The molecule has 0 unspecified atom stereocenters. The van der Waals surface area contributed by atoms with Crippen molar-refractivity contribution < 1.29 is 19.1 Å². The second-order valence-electron chi connectivity index (χ2n) is 6.34. The van der Waals surface area contributed by atoms with E-state index < -0.39 is 5.97 Å². The summed E-state index contributed by atoms with van der Waals surface area (Å²) in [5.41, 5.74) is 1.76.